The maximum absolute atomic E-state index is 6.36. The van der Waals surface area contributed by atoms with Gasteiger partial charge in [-0.1, -0.05) is 12.1 Å². The molecule has 0 spiro atoms. The van der Waals surface area contributed by atoms with Crippen LogP contribution in [0, 0.1) is 5.92 Å². The first-order valence-electron chi connectivity index (χ1n) is 7.95. The van der Waals surface area contributed by atoms with Gasteiger partial charge in [0.1, 0.15) is 6.10 Å². The smallest absolute Gasteiger partial charge is 0.106 e. The molecule has 4 unspecified atom stereocenters. The first-order chi connectivity index (χ1) is 10.9. The van der Waals surface area contributed by atoms with E-state index < -0.39 is 0 Å². The van der Waals surface area contributed by atoms with Crippen LogP contribution in [0.1, 0.15) is 24.1 Å². The van der Waals surface area contributed by atoms with E-state index in [1.807, 2.05) is 18.5 Å². The molecular formula is C18H17N3O. The molecule has 0 saturated heterocycles. The summed E-state index contributed by atoms with van der Waals surface area (Å²) in [5.74, 6) is 0.485. The minimum Gasteiger partial charge on any atom is -0.362 e. The van der Waals surface area contributed by atoms with Crippen LogP contribution in [0.2, 0.25) is 0 Å². The molecule has 4 atom stereocenters. The molecule has 2 aliphatic carbocycles. The van der Waals surface area contributed by atoms with Crippen molar-refractivity contribution in [2.24, 2.45) is 15.9 Å². The van der Waals surface area contributed by atoms with Gasteiger partial charge in [0.2, 0.25) is 0 Å². The summed E-state index contributed by atoms with van der Waals surface area (Å²) in [5, 5.41) is 0. The van der Waals surface area contributed by atoms with Gasteiger partial charge in [-0.3, -0.25) is 15.0 Å². The molecule has 5 rings (SSSR count). The molecule has 110 valence electrons. The number of ether oxygens (including phenoxy) is 1. The molecule has 0 bridgehead atoms. The maximum Gasteiger partial charge on any atom is 0.106 e. The van der Waals surface area contributed by atoms with Crippen molar-refractivity contribution in [1.29, 1.82) is 0 Å². The number of aromatic nitrogens is 1. The number of pyridine rings is 1. The van der Waals surface area contributed by atoms with Gasteiger partial charge in [0.05, 0.1) is 23.5 Å². The van der Waals surface area contributed by atoms with E-state index in [9.17, 15) is 0 Å². The average molecular weight is 291 g/mol. The van der Waals surface area contributed by atoms with Crippen molar-refractivity contribution in [2.75, 3.05) is 0 Å². The van der Waals surface area contributed by atoms with E-state index in [1.165, 1.54) is 11.3 Å². The molecule has 4 aliphatic rings. The van der Waals surface area contributed by atoms with Gasteiger partial charge in [0, 0.05) is 36.9 Å². The van der Waals surface area contributed by atoms with E-state index in [0.717, 1.165) is 30.7 Å². The van der Waals surface area contributed by atoms with E-state index >= 15 is 0 Å². The molecule has 1 aromatic heterocycles. The van der Waals surface area contributed by atoms with Crippen molar-refractivity contribution in [3.05, 3.63) is 47.4 Å². The average Bonchev–Trinajstić information content (AvgIpc) is 2.56. The summed E-state index contributed by atoms with van der Waals surface area (Å²) in [6.07, 6.45) is 13.1. The van der Waals surface area contributed by atoms with E-state index in [1.54, 1.807) is 0 Å². The van der Waals surface area contributed by atoms with Crippen molar-refractivity contribution in [3.63, 3.8) is 0 Å². The lowest BCUT2D eigenvalue weighted by Crippen LogP contribution is -2.45. The van der Waals surface area contributed by atoms with Crippen LogP contribution in [0.25, 0.3) is 6.08 Å². The quantitative estimate of drug-likeness (QED) is 0.737. The van der Waals surface area contributed by atoms with Crippen LogP contribution in [-0.4, -0.2) is 35.2 Å². The summed E-state index contributed by atoms with van der Waals surface area (Å²) in [4.78, 5) is 14.0. The van der Waals surface area contributed by atoms with Gasteiger partial charge in [0.15, 0.2) is 0 Å². The van der Waals surface area contributed by atoms with Gasteiger partial charge in [-0.05, 0) is 30.2 Å². The van der Waals surface area contributed by atoms with Gasteiger partial charge in [-0.15, -0.1) is 0 Å². The normalized spacial score (nSPS) is 34.7. The number of allylic oxidation sites excluding steroid dienone is 1. The van der Waals surface area contributed by atoms with Crippen LogP contribution in [0.3, 0.4) is 0 Å². The zero-order valence-corrected chi connectivity index (χ0v) is 12.2. The van der Waals surface area contributed by atoms with Gasteiger partial charge in [-0.25, -0.2) is 0 Å². The number of fused-ring (bicyclic) bond motifs is 4. The third-order valence-electron chi connectivity index (χ3n) is 5.03. The third-order valence-corrected chi connectivity index (χ3v) is 5.03. The Labute approximate surface area is 129 Å². The fourth-order valence-corrected chi connectivity index (χ4v) is 3.88. The van der Waals surface area contributed by atoms with Crippen molar-refractivity contribution in [3.8, 4) is 0 Å². The van der Waals surface area contributed by atoms with Gasteiger partial charge in [0.25, 0.3) is 0 Å². The highest BCUT2D eigenvalue weighted by molar-refractivity contribution is 5.93. The van der Waals surface area contributed by atoms with Crippen molar-refractivity contribution in [2.45, 2.75) is 37.5 Å². The third kappa shape index (κ3) is 1.91. The second-order valence-electron chi connectivity index (χ2n) is 6.38. The summed E-state index contributed by atoms with van der Waals surface area (Å²) in [5.41, 5.74) is 4.55. The number of hydrogen-bond donors (Lipinski definition) is 0. The predicted octanol–water partition coefficient (Wildman–Crippen LogP) is 2.61. The lowest BCUT2D eigenvalue weighted by Gasteiger charge is -2.40. The number of nitrogens with zero attached hydrogens (tertiary/aromatic N) is 3. The molecule has 1 aromatic rings. The fraction of sp³-hybridized carbons (Fsp3) is 0.389. The van der Waals surface area contributed by atoms with Gasteiger partial charge in [-0.2, -0.15) is 0 Å². The monoisotopic (exact) mass is 291 g/mol. The van der Waals surface area contributed by atoms with Gasteiger partial charge >= 0.3 is 0 Å². The molecule has 0 aromatic carbocycles. The highest BCUT2D eigenvalue weighted by atomic mass is 16.5. The van der Waals surface area contributed by atoms with Crippen molar-refractivity contribution >= 4 is 18.0 Å². The Hall–Kier alpha value is -2.07. The largest absolute Gasteiger partial charge is 0.362 e. The highest BCUT2D eigenvalue weighted by Crippen LogP contribution is 2.37. The van der Waals surface area contributed by atoms with Crippen LogP contribution in [0.4, 0.5) is 0 Å². The standard InChI is InChI=1S/C18H17N3O/c1-3-11-7-15-17(9-13(11)19-5-1)22-18-10-14-12(4-2-6-20-14)8-16(18)21-15/h1-7,12,14,17-18H,8-10H2. The Morgan fingerprint density at radius 2 is 2.18 bits per heavy atom. The van der Waals surface area contributed by atoms with Crippen LogP contribution < -0.4 is 0 Å². The molecular weight excluding hydrogens is 274 g/mol. The van der Waals surface area contributed by atoms with E-state index in [-0.39, 0.29) is 12.2 Å². The number of hydrogen-bond acceptors (Lipinski definition) is 4. The maximum atomic E-state index is 6.36. The molecule has 0 radical (unpaired) electrons. The van der Waals surface area contributed by atoms with Crippen molar-refractivity contribution in [1.82, 2.24) is 4.98 Å². The summed E-state index contributed by atoms with van der Waals surface area (Å²) in [6.45, 7) is 0. The molecule has 1 fully saturated rings. The first-order valence-corrected chi connectivity index (χ1v) is 7.95. The minimum atomic E-state index is 0.0517. The number of dihydropyridines is 1. The predicted molar refractivity (Wildman–Crippen MR) is 86.2 cm³/mol. The Morgan fingerprint density at radius 3 is 3.18 bits per heavy atom. The Morgan fingerprint density at radius 1 is 1.18 bits per heavy atom. The summed E-state index contributed by atoms with van der Waals surface area (Å²) in [6, 6.07) is 4.44. The Kier molecular flexibility index (Phi) is 2.67. The molecule has 2 aliphatic heterocycles. The topological polar surface area (TPSA) is 46.8 Å². The highest BCUT2D eigenvalue weighted by Gasteiger charge is 2.40. The molecule has 3 heterocycles. The van der Waals surface area contributed by atoms with E-state index in [0.29, 0.717) is 12.0 Å². The van der Waals surface area contributed by atoms with E-state index in [2.05, 4.69) is 34.3 Å². The Balaban J connectivity index is 1.51. The zero-order valence-electron chi connectivity index (χ0n) is 12.2. The van der Waals surface area contributed by atoms with Crippen LogP contribution in [0.15, 0.2) is 46.2 Å². The van der Waals surface area contributed by atoms with Crippen LogP contribution in [0.5, 0.6) is 0 Å². The van der Waals surface area contributed by atoms with Crippen LogP contribution in [-0.2, 0) is 11.2 Å². The molecule has 22 heavy (non-hydrogen) atoms. The second kappa shape index (κ2) is 4.71. The number of aliphatic imine (C=N–C) groups is 2. The van der Waals surface area contributed by atoms with Gasteiger partial charge < -0.3 is 4.74 Å². The van der Waals surface area contributed by atoms with Crippen LogP contribution >= 0.6 is 0 Å². The first kappa shape index (κ1) is 12.5. The molecule has 4 nitrogen and oxygen atoms in total. The Bertz CT molecular complexity index is 746. The summed E-state index contributed by atoms with van der Waals surface area (Å²) >= 11 is 0. The lowest BCUT2D eigenvalue weighted by atomic mass is 9.79. The number of rotatable bonds is 0. The SMILES string of the molecule is C1=CC2CC3=NC4=Cc5cccnc5CC4OC3CC2N=C1. The lowest BCUT2D eigenvalue weighted by molar-refractivity contribution is 0.0203. The second-order valence-corrected chi connectivity index (χ2v) is 6.38. The summed E-state index contributed by atoms with van der Waals surface area (Å²) < 4.78 is 6.36. The molecule has 0 amide bonds. The fourth-order valence-electron chi connectivity index (χ4n) is 3.88. The van der Waals surface area contributed by atoms with E-state index in [4.69, 9.17) is 9.73 Å². The molecule has 0 N–H and O–H groups in total. The molecule has 1 saturated carbocycles. The van der Waals surface area contributed by atoms with Crippen molar-refractivity contribution < 1.29 is 4.74 Å². The molecule has 4 heteroatoms. The minimum absolute atomic E-state index is 0.0517. The zero-order chi connectivity index (χ0) is 14.5. The summed E-state index contributed by atoms with van der Waals surface area (Å²) in [7, 11) is 0.